The summed E-state index contributed by atoms with van der Waals surface area (Å²) < 4.78 is 0. The van der Waals surface area contributed by atoms with Crippen molar-refractivity contribution in [3.63, 3.8) is 0 Å². The van der Waals surface area contributed by atoms with E-state index in [2.05, 4.69) is 40.3 Å². The number of fused-ring (bicyclic) bond motifs is 2. The Morgan fingerprint density at radius 2 is 1.83 bits per heavy atom. The Morgan fingerprint density at radius 1 is 1.14 bits per heavy atom. The van der Waals surface area contributed by atoms with E-state index in [1.807, 2.05) is 0 Å². The van der Waals surface area contributed by atoms with Crippen molar-refractivity contribution in [2.45, 2.75) is 98.2 Å². The van der Waals surface area contributed by atoms with Gasteiger partial charge in [0.1, 0.15) is 5.78 Å². The Hall–Kier alpha value is -1.46. The molecule has 10 atom stereocenters. The van der Waals surface area contributed by atoms with E-state index in [1.165, 1.54) is 11.1 Å². The molecule has 0 aliphatic heterocycles. The van der Waals surface area contributed by atoms with Crippen LogP contribution in [0.4, 0.5) is 0 Å². The fourth-order valence-corrected chi connectivity index (χ4v) is 9.77. The molecule has 5 aliphatic rings. The third-order valence-electron chi connectivity index (χ3n) is 12.1. The lowest BCUT2D eigenvalue weighted by Crippen LogP contribution is -2.61. The summed E-state index contributed by atoms with van der Waals surface area (Å²) in [5, 5.41) is 32.7. The summed E-state index contributed by atoms with van der Waals surface area (Å²) in [6.45, 7) is 15.0. The van der Waals surface area contributed by atoms with Gasteiger partial charge in [-0.1, -0.05) is 51.5 Å². The summed E-state index contributed by atoms with van der Waals surface area (Å²) >= 11 is 0. The molecule has 0 saturated heterocycles. The van der Waals surface area contributed by atoms with Crippen molar-refractivity contribution in [3.05, 3.63) is 23.8 Å². The predicted molar refractivity (Wildman–Crippen MR) is 134 cm³/mol. The monoisotopic (exact) mass is 484 g/mol. The average molecular weight is 485 g/mol. The minimum absolute atomic E-state index is 0.0149. The van der Waals surface area contributed by atoms with Gasteiger partial charge in [-0.25, -0.2) is 0 Å². The first-order valence-electron chi connectivity index (χ1n) is 13.8. The van der Waals surface area contributed by atoms with Gasteiger partial charge in [0, 0.05) is 17.3 Å². The van der Waals surface area contributed by atoms with Crippen molar-refractivity contribution in [2.75, 3.05) is 0 Å². The van der Waals surface area contributed by atoms with Crippen molar-refractivity contribution in [2.24, 2.45) is 51.2 Å². The van der Waals surface area contributed by atoms with E-state index in [-0.39, 0.29) is 17.6 Å². The lowest BCUT2D eigenvalue weighted by molar-refractivity contribution is -0.178. The molecule has 5 nitrogen and oxygen atoms in total. The third-order valence-corrected chi connectivity index (χ3v) is 12.1. The predicted octanol–water partition coefficient (Wildman–Crippen LogP) is 5.16. The number of rotatable bonds is 6. The maximum atomic E-state index is 13.6. The summed E-state index contributed by atoms with van der Waals surface area (Å²) in [5.41, 5.74) is -0.292. The van der Waals surface area contributed by atoms with Crippen LogP contribution in [0.1, 0.15) is 86.0 Å². The van der Waals surface area contributed by atoms with E-state index in [0.717, 1.165) is 25.7 Å². The molecule has 0 aromatic carbocycles. The maximum Gasteiger partial charge on any atom is 0.312 e. The number of carbonyl (C=O) groups excluding carboxylic acids is 1. The lowest BCUT2D eigenvalue weighted by atomic mass is 9.48. The first kappa shape index (κ1) is 25.2. The van der Waals surface area contributed by atoms with Gasteiger partial charge >= 0.3 is 5.97 Å². The molecular weight excluding hydrogens is 440 g/mol. The molecule has 0 amide bonds. The standard InChI is InChI=1S/C30H44O5/c1-16(2)17(3)7-8-18(4)19-9-10-20-21-11-12-22-28(6,26(34)35)23(31)13-24(32)30(22)15-29(21,30)25(33)14-27(19,20)5/h11,16,18-20,22-23,25,31,33H,3,7-10,12-15H2,1-2,4-6H3,(H,34,35). The van der Waals surface area contributed by atoms with E-state index in [1.54, 1.807) is 6.92 Å². The highest BCUT2D eigenvalue weighted by molar-refractivity contribution is 5.95. The molecule has 4 fully saturated rings. The molecule has 10 unspecified atom stereocenters. The summed E-state index contributed by atoms with van der Waals surface area (Å²) in [5.74, 6) is 0.354. The summed E-state index contributed by atoms with van der Waals surface area (Å²) in [7, 11) is 0. The number of hydrogen-bond donors (Lipinski definition) is 3. The molecule has 0 heterocycles. The minimum atomic E-state index is -1.37. The Labute approximate surface area is 210 Å². The largest absolute Gasteiger partial charge is 0.481 e. The van der Waals surface area contributed by atoms with E-state index < -0.39 is 40.3 Å². The number of carboxylic acids is 1. The third kappa shape index (κ3) is 2.94. The number of carbonyl (C=O) groups is 2. The molecule has 5 aliphatic carbocycles. The van der Waals surface area contributed by atoms with E-state index in [9.17, 15) is 24.9 Å². The number of Topliss-reactive ketones (excluding diaryl/α,β-unsaturated/α-hetero) is 1. The second-order valence-electron chi connectivity index (χ2n) is 13.6. The smallest absolute Gasteiger partial charge is 0.312 e. The molecule has 4 saturated carbocycles. The second-order valence-corrected chi connectivity index (χ2v) is 13.6. The molecular formula is C30H44O5. The number of aliphatic carboxylic acids is 1. The van der Waals surface area contributed by atoms with Crippen LogP contribution in [0.3, 0.4) is 0 Å². The van der Waals surface area contributed by atoms with Gasteiger partial charge in [-0.2, -0.15) is 0 Å². The zero-order valence-corrected chi connectivity index (χ0v) is 22.1. The molecule has 0 bridgehead atoms. The number of hydrogen-bond acceptors (Lipinski definition) is 4. The van der Waals surface area contributed by atoms with Crippen LogP contribution in [-0.2, 0) is 9.59 Å². The molecule has 0 aromatic rings. The average Bonchev–Trinajstić information content (AvgIpc) is 3.39. The van der Waals surface area contributed by atoms with Crippen molar-refractivity contribution >= 4 is 11.8 Å². The zero-order chi connectivity index (χ0) is 25.7. The van der Waals surface area contributed by atoms with Gasteiger partial charge in [-0.15, -0.1) is 0 Å². The summed E-state index contributed by atoms with van der Waals surface area (Å²) in [6, 6.07) is 0. The van der Waals surface area contributed by atoms with Crippen LogP contribution in [0.2, 0.25) is 0 Å². The van der Waals surface area contributed by atoms with Crippen LogP contribution in [0.5, 0.6) is 0 Å². The molecule has 2 spiro atoms. The minimum Gasteiger partial charge on any atom is -0.481 e. The van der Waals surface area contributed by atoms with Gasteiger partial charge in [-0.05, 0) is 86.9 Å². The first-order chi connectivity index (χ1) is 16.3. The first-order valence-corrected chi connectivity index (χ1v) is 13.8. The normalized spacial score (nSPS) is 48.9. The van der Waals surface area contributed by atoms with Gasteiger partial charge in [0.05, 0.1) is 17.6 Å². The Morgan fingerprint density at radius 3 is 2.46 bits per heavy atom. The molecule has 0 radical (unpaired) electrons. The van der Waals surface area contributed by atoms with Crippen LogP contribution in [0, 0.1) is 51.2 Å². The van der Waals surface area contributed by atoms with Crippen LogP contribution in [0.15, 0.2) is 23.8 Å². The van der Waals surface area contributed by atoms with Crippen molar-refractivity contribution in [1.82, 2.24) is 0 Å². The number of carboxylic acid groups (broad SMARTS) is 1. The van der Waals surface area contributed by atoms with Gasteiger partial charge < -0.3 is 15.3 Å². The van der Waals surface area contributed by atoms with Gasteiger partial charge in [0.25, 0.3) is 0 Å². The van der Waals surface area contributed by atoms with Crippen LogP contribution >= 0.6 is 0 Å². The van der Waals surface area contributed by atoms with Gasteiger partial charge in [0.2, 0.25) is 0 Å². The SMILES string of the molecule is C=C(CCC(C)C1CCC2C3=CCC4C(C)(C(=O)O)C(O)CC(=O)C45CC35C(O)CC21C)C(C)C. The fourth-order valence-electron chi connectivity index (χ4n) is 9.77. The lowest BCUT2D eigenvalue weighted by Gasteiger charge is -2.56. The van der Waals surface area contributed by atoms with Crippen molar-refractivity contribution in [1.29, 1.82) is 0 Å². The number of aliphatic hydroxyl groups excluding tert-OH is 2. The molecule has 3 N–H and O–H groups in total. The summed E-state index contributed by atoms with van der Waals surface area (Å²) in [4.78, 5) is 25.9. The molecule has 194 valence electrons. The topological polar surface area (TPSA) is 94.8 Å². The Kier molecular flexibility index (Phi) is 5.60. The zero-order valence-electron chi connectivity index (χ0n) is 22.1. The van der Waals surface area contributed by atoms with Crippen LogP contribution in [0.25, 0.3) is 0 Å². The summed E-state index contributed by atoms with van der Waals surface area (Å²) in [6.07, 6.45) is 6.32. The molecule has 0 aromatic heterocycles. The van der Waals surface area contributed by atoms with Crippen LogP contribution in [-0.4, -0.2) is 39.3 Å². The van der Waals surface area contributed by atoms with Crippen LogP contribution < -0.4 is 0 Å². The second kappa shape index (κ2) is 7.77. The molecule has 5 rings (SSSR count). The highest BCUT2D eigenvalue weighted by atomic mass is 16.4. The highest BCUT2D eigenvalue weighted by Gasteiger charge is 2.85. The highest BCUT2D eigenvalue weighted by Crippen LogP contribution is 2.84. The van der Waals surface area contributed by atoms with Crippen molar-refractivity contribution in [3.8, 4) is 0 Å². The van der Waals surface area contributed by atoms with Crippen molar-refractivity contribution < 1.29 is 24.9 Å². The fraction of sp³-hybridized carbons (Fsp3) is 0.800. The van der Waals surface area contributed by atoms with Gasteiger partial charge in [0.15, 0.2) is 0 Å². The number of allylic oxidation sites excluding steroid dienone is 2. The maximum absolute atomic E-state index is 13.6. The number of ketones is 1. The Balaban J connectivity index is 1.48. The Bertz CT molecular complexity index is 997. The number of aliphatic hydroxyl groups is 2. The van der Waals surface area contributed by atoms with Gasteiger partial charge in [-0.3, -0.25) is 9.59 Å². The van der Waals surface area contributed by atoms with E-state index >= 15 is 0 Å². The van der Waals surface area contributed by atoms with E-state index in [4.69, 9.17) is 0 Å². The quantitative estimate of drug-likeness (QED) is 0.453. The molecule has 5 heteroatoms. The van der Waals surface area contributed by atoms with E-state index in [0.29, 0.717) is 42.9 Å². The molecule has 35 heavy (non-hydrogen) atoms.